The van der Waals surface area contributed by atoms with Gasteiger partial charge in [0, 0.05) is 21.8 Å². The molecule has 0 spiro atoms. The van der Waals surface area contributed by atoms with Gasteiger partial charge in [0.05, 0.1) is 6.20 Å². The van der Waals surface area contributed by atoms with Gasteiger partial charge in [-0.2, -0.15) is 9.61 Å². The summed E-state index contributed by atoms with van der Waals surface area (Å²) in [6.07, 6.45) is 4.94. The van der Waals surface area contributed by atoms with Gasteiger partial charge in [-0.15, -0.1) is 0 Å². The highest BCUT2D eigenvalue weighted by Crippen LogP contribution is 2.31. The summed E-state index contributed by atoms with van der Waals surface area (Å²) in [5, 5.41) is 5.11. The van der Waals surface area contributed by atoms with E-state index in [1.165, 1.54) is 0 Å². The molecular weight excluding hydrogens is 272 g/mol. The second-order valence-electron chi connectivity index (χ2n) is 5.08. The topological polar surface area (TPSA) is 56.2 Å². The van der Waals surface area contributed by atoms with Gasteiger partial charge in [0.2, 0.25) is 0 Å². The van der Waals surface area contributed by atoms with Crippen LogP contribution in [-0.4, -0.2) is 14.6 Å². The van der Waals surface area contributed by atoms with Crippen LogP contribution in [0.2, 0.25) is 5.02 Å². The van der Waals surface area contributed by atoms with E-state index < -0.39 is 0 Å². The van der Waals surface area contributed by atoms with Crippen molar-refractivity contribution in [2.45, 2.75) is 19.3 Å². The molecule has 0 atom stereocenters. The van der Waals surface area contributed by atoms with Crippen LogP contribution in [0, 0.1) is 0 Å². The quantitative estimate of drug-likeness (QED) is 0.747. The lowest BCUT2D eigenvalue weighted by molar-refractivity contribution is 0.901. The predicted octanol–water partition coefficient (Wildman–Crippen LogP) is 3.12. The van der Waals surface area contributed by atoms with Crippen molar-refractivity contribution >= 4 is 23.1 Å². The number of nitrogens with two attached hydrogens (primary N) is 1. The third kappa shape index (κ3) is 1.61. The molecule has 2 aromatic heterocycles. The highest BCUT2D eigenvalue weighted by molar-refractivity contribution is 6.30. The SMILES string of the molecule is Nc1c2c(nc3c(-c4ccc(Cl)cc4)cnn13)CCC2. The van der Waals surface area contributed by atoms with Gasteiger partial charge >= 0.3 is 0 Å². The molecule has 100 valence electrons. The predicted molar refractivity (Wildman–Crippen MR) is 79.9 cm³/mol. The van der Waals surface area contributed by atoms with Crippen molar-refractivity contribution in [3.63, 3.8) is 0 Å². The first-order valence-electron chi connectivity index (χ1n) is 6.65. The number of rotatable bonds is 1. The third-order valence-corrected chi connectivity index (χ3v) is 4.12. The van der Waals surface area contributed by atoms with Gasteiger partial charge in [0.15, 0.2) is 5.65 Å². The zero-order valence-corrected chi connectivity index (χ0v) is 11.6. The van der Waals surface area contributed by atoms with Gasteiger partial charge in [0.25, 0.3) is 0 Å². The van der Waals surface area contributed by atoms with Crippen LogP contribution < -0.4 is 5.73 Å². The van der Waals surface area contributed by atoms with E-state index in [0.717, 1.165) is 58.1 Å². The largest absolute Gasteiger partial charge is 0.383 e. The maximum Gasteiger partial charge on any atom is 0.165 e. The molecule has 0 unspecified atom stereocenters. The number of nitrogens with zero attached hydrogens (tertiary/aromatic N) is 3. The van der Waals surface area contributed by atoms with E-state index in [2.05, 4.69) is 5.10 Å². The zero-order chi connectivity index (χ0) is 13.7. The molecule has 4 rings (SSSR count). The Hall–Kier alpha value is -2.07. The first kappa shape index (κ1) is 11.7. The lowest BCUT2D eigenvalue weighted by atomic mass is 10.1. The molecule has 5 heteroatoms. The number of hydrogen-bond acceptors (Lipinski definition) is 3. The van der Waals surface area contributed by atoms with E-state index in [9.17, 15) is 0 Å². The molecular formula is C15H13ClN4. The highest BCUT2D eigenvalue weighted by atomic mass is 35.5. The summed E-state index contributed by atoms with van der Waals surface area (Å²) in [6, 6.07) is 7.70. The Balaban J connectivity index is 1.98. The summed E-state index contributed by atoms with van der Waals surface area (Å²) in [4.78, 5) is 4.76. The average Bonchev–Trinajstić information content (AvgIpc) is 3.07. The fourth-order valence-electron chi connectivity index (χ4n) is 2.84. The third-order valence-electron chi connectivity index (χ3n) is 3.87. The molecule has 0 bridgehead atoms. The first-order valence-corrected chi connectivity index (χ1v) is 7.03. The number of nitrogen functional groups attached to an aromatic ring is 1. The van der Waals surface area contributed by atoms with Gasteiger partial charge in [-0.3, -0.25) is 0 Å². The smallest absolute Gasteiger partial charge is 0.165 e. The van der Waals surface area contributed by atoms with Crippen molar-refractivity contribution in [1.82, 2.24) is 14.6 Å². The lowest BCUT2D eigenvalue weighted by Crippen LogP contribution is -2.05. The van der Waals surface area contributed by atoms with Crippen LogP contribution in [-0.2, 0) is 12.8 Å². The minimum atomic E-state index is 0.721. The van der Waals surface area contributed by atoms with Crippen molar-refractivity contribution in [1.29, 1.82) is 0 Å². The van der Waals surface area contributed by atoms with E-state index in [1.54, 1.807) is 4.52 Å². The number of anilines is 1. The van der Waals surface area contributed by atoms with Gasteiger partial charge < -0.3 is 5.73 Å². The molecule has 1 aromatic carbocycles. The molecule has 0 fully saturated rings. The van der Waals surface area contributed by atoms with Gasteiger partial charge in [-0.25, -0.2) is 4.98 Å². The summed E-state index contributed by atoms with van der Waals surface area (Å²) in [6.45, 7) is 0. The van der Waals surface area contributed by atoms with Crippen LogP contribution in [0.3, 0.4) is 0 Å². The molecule has 2 heterocycles. The van der Waals surface area contributed by atoms with Crippen LogP contribution in [0.4, 0.5) is 5.82 Å². The molecule has 1 aliphatic carbocycles. The minimum Gasteiger partial charge on any atom is -0.383 e. The molecule has 0 aliphatic heterocycles. The monoisotopic (exact) mass is 284 g/mol. The fraction of sp³-hybridized carbons (Fsp3) is 0.200. The van der Waals surface area contributed by atoms with Crippen molar-refractivity contribution in [2.75, 3.05) is 5.73 Å². The minimum absolute atomic E-state index is 0.721. The average molecular weight is 285 g/mol. The molecule has 2 N–H and O–H groups in total. The number of aromatic nitrogens is 3. The summed E-state index contributed by atoms with van der Waals surface area (Å²) in [5.74, 6) is 0.725. The van der Waals surface area contributed by atoms with Crippen LogP contribution in [0.1, 0.15) is 17.7 Å². The van der Waals surface area contributed by atoms with Crippen molar-refractivity contribution in [2.24, 2.45) is 0 Å². The summed E-state index contributed by atoms with van der Waals surface area (Å²) in [7, 11) is 0. The Kier molecular flexibility index (Phi) is 2.47. The molecule has 0 radical (unpaired) electrons. The van der Waals surface area contributed by atoms with Crippen LogP contribution in [0.15, 0.2) is 30.5 Å². The Morgan fingerprint density at radius 3 is 2.75 bits per heavy atom. The molecule has 0 amide bonds. The van der Waals surface area contributed by atoms with Crippen LogP contribution in [0.5, 0.6) is 0 Å². The molecule has 3 aromatic rings. The second-order valence-corrected chi connectivity index (χ2v) is 5.51. The van der Waals surface area contributed by atoms with Crippen LogP contribution >= 0.6 is 11.6 Å². The van der Waals surface area contributed by atoms with E-state index in [0.29, 0.717) is 0 Å². The number of halogens is 1. The van der Waals surface area contributed by atoms with Crippen molar-refractivity contribution < 1.29 is 0 Å². The Morgan fingerprint density at radius 1 is 1.15 bits per heavy atom. The zero-order valence-electron chi connectivity index (χ0n) is 10.8. The second kappa shape index (κ2) is 4.21. The maximum absolute atomic E-state index is 6.23. The number of fused-ring (bicyclic) bond motifs is 2. The van der Waals surface area contributed by atoms with E-state index in [-0.39, 0.29) is 0 Å². The van der Waals surface area contributed by atoms with Gasteiger partial charge in [0.1, 0.15) is 5.82 Å². The van der Waals surface area contributed by atoms with Crippen molar-refractivity contribution in [3.05, 3.63) is 46.7 Å². The molecule has 20 heavy (non-hydrogen) atoms. The summed E-state index contributed by atoms with van der Waals surface area (Å²) >= 11 is 5.94. The number of benzene rings is 1. The maximum atomic E-state index is 6.23. The first-order chi connectivity index (χ1) is 9.74. The Morgan fingerprint density at radius 2 is 1.95 bits per heavy atom. The lowest BCUT2D eigenvalue weighted by Gasteiger charge is -2.06. The Labute approximate surface area is 121 Å². The summed E-state index contributed by atoms with van der Waals surface area (Å²) < 4.78 is 1.74. The van der Waals surface area contributed by atoms with Gasteiger partial charge in [-0.05, 0) is 37.0 Å². The van der Waals surface area contributed by atoms with Crippen molar-refractivity contribution in [3.8, 4) is 11.1 Å². The van der Waals surface area contributed by atoms with E-state index >= 15 is 0 Å². The highest BCUT2D eigenvalue weighted by Gasteiger charge is 2.20. The molecule has 0 saturated carbocycles. The fourth-order valence-corrected chi connectivity index (χ4v) is 2.97. The normalized spacial score (nSPS) is 13.8. The molecule has 1 aliphatic rings. The number of aryl methyl sites for hydroxylation is 1. The number of hydrogen-bond donors (Lipinski definition) is 1. The van der Waals surface area contributed by atoms with Gasteiger partial charge in [-0.1, -0.05) is 23.7 Å². The van der Waals surface area contributed by atoms with E-state index in [4.69, 9.17) is 22.3 Å². The van der Waals surface area contributed by atoms with E-state index in [1.807, 2.05) is 30.5 Å². The molecule has 0 saturated heterocycles. The molecule has 4 nitrogen and oxygen atoms in total. The van der Waals surface area contributed by atoms with Crippen LogP contribution in [0.25, 0.3) is 16.8 Å². The Bertz CT molecular complexity index is 805. The standard InChI is InChI=1S/C15H13ClN4/c16-10-6-4-9(5-7-10)12-8-18-20-14(17)11-2-1-3-13(11)19-15(12)20/h4-8H,1-3,17H2. The summed E-state index contributed by atoms with van der Waals surface area (Å²) in [5.41, 5.74) is 11.4.